The Balaban J connectivity index is 1.26. The van der Waals surface area contributed by atoms with Crippen LogP contribution in [0.3, 0.4) is 0 Å². The van der Waals surface area contributed by atoms with Crippen LogP contribution in [0.25, 0.3) is 0 Å². The first-order valence-electron chi connectivity index (χ1n) is 14.2. The average Bonchev–Trinajstić information content (AvgIpc) is 3.20. The van der Waals surface area contributed by atoms with Crippen molar-refractivity contribution in [3.8, 4) is 6.07 Å². The molecule has 4 aliphatic carbocycles. The minimum atomic E-state index is -0.579. The van der Waals surface area contributed by atoms with E-state index in [2.05, 4.69) is 32.0 Å². The molecule has 0 spiro atoms. The molecule has 186 valence electrons. The molecule has 0 bridgehead atoms. The summed E-state index contributed by atoms with van der Waals surface area (Å²) in [7, 11) is 0. The van der Waals surface area contributed by atoms with E-state index in [1.807, 2.05) is 19.1 Å². The van der Waals surface area contributed by atoms with Crippen LogP contribution in [0.2, 0.25) is 0 Å². The van der Waals surface area contributed by atoms with Gasteiger partial charge in [-0.2, -0.15) is 5.26 Å². The fraction of sp³-hybridized carbons (Fsp3) is 0.774. The lowest BCUT2D eigenvalue weighted by molar-refractivity contribution is -0.129. The van der Waals surface area contributed by atoms with Gasteiger partial charge in [0.25, 0.3) is 0 Å². The van der Waals surface area contributed by atoms with E-state index in [0.717, 1.165) is 54.4 Å². The molecule has 1 aromatic rings. The van der Waals surface area contributed by atoms with Gasteiger partial charge in [0.05, 0.1) is 23.8 Å². The number of hydrogen-bond donors (Lipinski definition) is 1. The summed E-state index contributed by atoms with van der Waals surface area (Å²) in [4.78, 5) is 0. The van der Waals surface area contributed by atoms with Crippen LogP contribution in [0, 0.1) is 58.2 Å². The molecule has 0 aromatic heterocycles. The van der Waals surface area contributed by atoms with Gasteiger partial charge in [-0.15, -0.1) is 0 Å². The lowest BCUT2D eigenvalue weighted by atomic mass is 9.48. The maximum absolute atomic E-state index is 11.1. The average molecular weight is 464 g/mol. The minimum absolute atomic E-state index is 0.477. The summed E-state index contributed by atoms with van der Waals surface area (Å²) >= 11 is 0. The molecule has 1 N–H and O–H groups in total. The largest absolute Gasteiger partial charge is 0.387 e. The van der Waals surface area contributed by atoms with Gasteiger partial charge in [-0.25, -0.2) is 0 Å². The maximum Gasteiger partial charge on any atom is 0.0991 e. The van der Waals surface area contributed by atoms with E-state index < -0.39 is 5.60 Å². The van der Waals surface area contributed by atoms with Crippen molar-refractivity contribution in [2.24, 2.45) is 46.8 Å². The van der Waals surface area contributed by atoms with Crippen LogP contribution in [0.1, 0.15) is 89.7 Å². The zero-order valence-electron chi connectivity index (χ0n) is 21.6. The summed E-state index contributed by atoms with van der Waals surface area (Å²) in [5, 5.41) is 20.4. The quantitative estimate of drug-likeness (QED) is 0.506. The van der Waals surface area contributed by atoms with E-state index in [-0.39, 0.29) is 0 Å². The number of hydrogen-bond acceptors (Lipinski definition) is 3. The van der Waals surface area contributed by atoms with E-state index in [1.165, 1.54) is 50.5 Å². The van der Waals surface area contributed by atoms with E-state index in [0.29, 0.717) is 30.5 Å². The predicted molar refractivity (Wildman–Crippen MR) is 136 cm³/mol. The summed E-state index contributed by atoms with van der Waals surface area (Å²) < 4.78 is 5.66. The first kappa shape index (κ1) is 24.3. The predicted octanol–water partition coefficient (Wildman–Crippen LogP) is 6.77. The molecule has 0 radical (unpaired) electrons. The molecule has 1 aromatic carbocycles. The van der Waals surface area contributed by atoms with Gasteiger partial charge in [0.1, 0.15) is 0 Å². The van der Waals surface area contributed by atoms with Crippen LogP contribution in [-0.2, 0) is 11.2 Å². The van der Waals surface area contributed by atoms with Crippen molar-refractivity contribution in [3.63, 3.8) is 0 Å². The summed E-state index contributed by atoms with van der Waals surface area (Å²) in [5.41, 5.74) is 2.02. The molecule has 3 heteroatoms. The van der Waals surface area contributed by atoms with Gasteiger partial charge in [0, 0.05) is 6.61 Å². The summed E-state index contributed by atoms with van der Waals surface area (Å²) in [5.74, 6) is 5.66. The normalized spacial score (nSPS) is 42.2. The smallest absolute Gasteiger partial charge is 0.0991 e. The van der Waals surface area contributed by atoms with Crippen molar-refractivity contribution in [2.45, 2.75) is 90.6 Å². The molecule has 4 fully saturated rings. The zero-order valence-corrected chi connectivity index (χ0v) is 21.6. The monoisotopic (exact) mass is 463 g/mol. The number of rotatable bonds is 6. The minimum Gasteiger partial charge on any atom is -0.387 e. The number of aliphatic hydroxyl groups is 1. The Bertz CT molecular complexity index is 907. The first-order chi connectivity index (χ1) is 16.4. The van der Waals surface area contributed by atoms with Crippen molar-refractivity contribution < 1.29 is 9.84 Å². The Morgan fingerprint density at radius 3 is 2.71 bits per heavy atom. The highest BCUT2D eigenvalue weighted by atomic mass is 16.5. The van der Waals surface area contributed by atoms with Crippen LogP contribution in [-0.4, -0.2) is 23.9 Å². The summed E-state index contributed by atoms with van der Waals surface area (Å²) in [6, 6.07) is 10.6. The van der Waals surface area contributed by atoms with Gasteiger partial charge in [-0.3, -0.25) is 0 Å². The fourth-order valence-electron chi connectivity index (χ4n) is 9.64. The summed E-state index contributed by atoms with van der Waals surface area (Å²) in [6.07, 6.45) is 12.5. The molecule has 34 heavy (non-hydrogen) atoms. The topological polar surface area (TPSA) is 53.2 Å². The van der Waals surface area contributed by atoms with Crippen LogP contribution in [0.5, 0.6) is 0 Å². The molecule has 4 saturated carbocycles. The molecule has 0 saturated heterocycles. The van der Waals surface area contributed by atoms with E-state index in [4.69, 9.17) is 4.74 Å². The molecule has 4 aliphatic rings. The fourth-order valence-corrected chi connectivity index (χ4v) is 9.64. The third kappa shape index (κ3) is 4.35. The lowest BCUT2D eigenvalue weighted by Crippen LogP contribution is -2.52. The Morgan fingerprint density at radius 1 is 1.09 bits per heavy atom. The van der Waals surface area contributed by atoms with Gasteiger partial charge in [-0.05, 0) is 136 Å². The highest BCUT2D eigenvalue weighted by Crippen LogP contribution is 2.65. The standard InChI is InChI=1S/C31H45NO2/c1-4-34-20-31(33)15-13-25-24(18-31)8-9-27-26(25)12-14-30(3)28(10-11-29(27)30)21(2)16-22-6-5-7-23(17-22)19-32/h5-7,17,21,24-29,33H,4,8-16,18,20H2,1-3H3/t21?,24-,25+,26-,27-,28-,29+,30-,31-/m1/s1. The molecular weight excluding hydrogens is 418 g/mol. The Hall–Kier alpha value is -1.37. The van der Waals surface area contributed by atoms with Crippen molar-refractivity contribution >= 4 is 0 Å². The second-order valence-electron chi connectivity index (χ2n) is 12.8. The Labute approximate surface area is 207 Å². The second-order valence-corrected chi connectivity index (χ2v) is 12.8. The molecule has 3 nitrogen and oxygen atoms in total. The molecule has 0 heterocycles. The van der Waals surface area contributed by atoms with Crippen LogP contribution >= 0.6 is 0 Å². The van der Waals surface area contributed by atoms with Gasteiger partial charge < -0.3 is 9.84 Å². The maximum atomic E-state index is 11.1. The molecule has 0 aliphatic heterocycles. The third-order valence-corrected chi connectivity index (χ3v) is 11.1. The van der Waals surface area contributed by atoms with Gasteiger partial charge in [-0.1, -0.05) is 26.0 Å². The van der Waals surface area contributed by atoms with Crippen LogP contribution in [0.4, 0.5) is 0 Å². The van der Waals surface area contributed by atoms with Crippen molar-refractivity contribution in [2.75, 3.05) is 13.2 Å². The van der Waals surface area contributed by atoms with E-state index >= 15 is 0 Å². The molecule has 5 rings (SSSR count). The van der Waals surface area contributed by atoms with E-state index in [1.54, 1.807) is 0 Å². The Morgan fingerprint density at radius 2 is 1.91 bits per heavy atom. The lowest BCUT2D eigenvalue weighted by Gasteiger charge is -2.57. The first-order valence-corrected chi connectivity index (χ1v) is 14.2. The zero-order chi connectivity index (χ0) is 23.9. The number of benzene rings is 1. The van der Waals surface area contributed by atoms with Gasteiger partial charge in [0.15, 0.2) is 0 Å². The molecule has 9 atom stereocenters. The number of nitriles is 1. The van der Waals surface area contributed by atoms with Crippen molar-refractivity contribution in [1.82, 2.24) is 0 Å². The number of ether oxygens (including phenoxy) is 1. The van der Waals surface area contributed by atoms with Crippen molar-refractivity contribution in [1.29, 1.82) is 5.26 Å². The molecule has 0 amide bonds. The molecule has 1 unspecified atom stereocenters. The third-order valence-electron chi connectivity index (χ3n) is 11.1. The van der Waals surface area contributed by atoms with Gasteiger partial charge >= 0.3 is 0 Å². The number of nitrogens with zero attached hydrogens (tertiary/aromatic N) is 1. The SMILES string of the molecule is CCOC[C@@]1(O)CC[C@H]2[C@H](CC[C@@H]3[C@@H]2CC[C@]2(C)[C@@H](C(C)Cc4cccc(C#N)c4)CC[C@@H]32)C1. The van der Waals surface area contributed by atoms with Crippen LogP contribution in [0.15, 0.2) is 24.3 Å². The highest BCUT2D eigenvalue weighted by molar-refractivity contribution is 5.33. The van der Waals surface area contributed by atoms with Crippen molar-refractivity contribution in [3.05, 3.63) is 35.4 Å². The highest BCUT2D eigenvalue weighted by Gasteiger charge is 2.58. The number of fused-ring (bicyclic) bond motifs is 5. The van der Waals surface area contributed by atoms with E-state index in [9.17, 15) is 10.4 Å². The Kier molecular flexibility index (Phi) is 6.86. The molecular formula is C31H45NO2. The second kappa shape index (κ2) is 9.59. The van der Waals surface area contributed by atoms with Gasteiger partial charge in [0.2, 0.25) is 0 Å². The van der Waals surface area contributed by atoms with Crippen LogP contribution < -0.4 is 0 Å². The summed E-state index contributed by atoms with van der Waals surface area (Å²) in [6.45, 7) is 8.36.